The Hall–Kier alpha value is -1.71. The highest BCUT2D eigenvalue weighted by Crippen LogP contribution is 2.32. The zero-order valence-electron chi connectivity index (χ0n) is 13.8. The van der Waals surface area contributed by atoms with Crippen molar-refractivity contribution >= 4 is 6.16 Å². The topological polar surface area (TPSA) is 55.8 Å². The van der Waals surface area contributed by atoms with Crippen molar-refractivity contribution in [3.05, 3.63) is 23.3 Å². The van der Waals surface area contributed by atoms with Crippen LogP contribution in [0, 0.1) is 12.8 Å². The zero-order chi connectivity index (χ0) is 16.2. The van der Waals surface area contributed by atoms with Gasteiger partial charge in [0, 0.05) is 5.56 Å². The quantitative estimate of drug-likeness (QED) is 0.651. The van der Waals surface area contributed by atoms with E-state index in [2.05, 4.69) is 13.8 Å². The fourth-order valence-corrected chi connectivity index (χ4v) is 1.85. The van der Waals surface area contributed by atoms with Gasteiger partial charge in [-0.1, -0.05) is 19.9 Å². The van der Waals surface area contributed by atoms with Gasteiger partial charge in [-0.2, -0.15) is 0 Å². The van der Waals surface area contributed by atoms with Crippen molar-refractivity contribution < 1.29 is 19.4 Å². The molecule has 0 aliphatic carbocycles. The Morgan fingerprint density at radius 2 is 1.90 bits per heavy atom. The molecule has 0 atom stereocenters. The molecule has 4 heteroatoms. The van der Waals surface area contributed by atoms with Gasteiger partial charge in [-0.05, 0) is 58.1 Å². The smallest absolute Gasteiger partial charge is 0.507 e. The van der Waals surface area contributed by atoms with Crippen molar-refractivity contribution in [3.8, 4) is 11.5 Å². The molecule has 1 aromatic carbocycles. The van der Waals surface area contributed by atoms with Crippen molar-refractivity contribution in [2.75, 3.05) is 0 Å². The molecule has 0 bridgehead atoms. The summed E-state index contributed by atoms with van der Waals surface area (Å²) in [4.78, 5) is 11.7. The first-order valence-electron chi connectivity index (χ1n) is 7.32. The number of hydrogen-bond acceptors (Lipinski definition) is 4. The number of hydrogen-bond donors (Lipinski definition) is 1. The van der Waals surface area contributed by atoms with Crippen molar-refractivity contribution in [2.45, 2.75) is 60.0 Å². The van der Waals surface area contributed by atoms with Crippen LogP contribution in [0.5, 0.6) is 11.5 Å². The van der Waals surface area contributed by atoms with E-state index in [9.17, 15) is 9.90 Å². The minimum Gasteiger partial charge on any atom is -0.507 e. The van der Waals surface area contributed by atoms with Crippen LogP contribution in [-0.2, 0) is 11.2 Å². The van der Waals surface area contributed by atoms with Crippen molar-refractivity contribution in [2.24, 2.45) is 5.92 Å². The lowest BCUT2D eigenvalue weighted by Crippen LogP contribution is -2.26. The lowest BCUT2D eigenvalue weighted by atomic mass is 10.00. The van der Waals surface area contributed by atoms with E-state index in [1.54, 1.807) is 39.8 Å². The molecule has 0 unspecified atom stereocenters. The van der Waals surface area contributed by atoms with E-state index in [0.29, 0.717) is 17.2 Å². The Morgan fingerprint density at radius 3 is 2.43 bits per heavy atom. The van der Waals surface area contributed by atoms with Gasteiger partial charge < -0.3 is 14.6 Å². The van der Waals surface area contributed by atoms with Crippen LogP contribution in [0.25, 0.3) is 0 Å². The highest BCUT2D eigenvalue weighted by atomic mass is 16.7. The molecule has 0 amide bonds. The average molecular weight is 294 g/mol. The van der Waals surface area contributed by atoms with Crippen LogP contribution in [0.15, 0.2) is 12.1 Å². The summed E-state index contributed by atoms with van der Waals surface area (Å²) < 4.78 is 10.3. The molecule has 118 valence electrons. The van der Waals surface area contributed by atoms with E-state index in [-0.39, 0.29) is 5.75 Å². The average Bonchev–Trinajstić information content (AvgIpc) is 2.31. The lowest BCUT2D eigenvalue weighted by Gasteiger charge is -2.19. The zero-order valence-corrected chi connectivity index (χ0v) is 13.8. The fourth-order valence-electron chi connectivity index (χ4n) is 1.85. The molecule has 0 radical (unpaired) electrons. The summed E-state index contributed by atoms with van der Waals surface area (Å²) in [5, 5.41) is 10.2. The van der Waals surface area contributed by atoms with Gasteiger partial charge in [-0.25, -0.2) is 4.79 Å². The Bertz CT molecular complexity index is 498. The predicted octanol–water partition coefficient (Wildman–Crippen LogP) is 4.60. The third-order valence-corrected chi connectivity index (χ3v) is 3.04. The number of phenolic OH excluding ortho intramolecular Hbond substituents is 1. The predicted molar refractivity (Wildman–Crippen MR) is 82.9 cm³/mol. The second kappa shape index (κ2) is 6.83. The SMILES string of the molecule is Cc1c(OC(=O)OC(C)(C)C)ccc(CCC(C)C)c1O. The van der Waals surface area contributed by atoms with Crippen molar-refractivity contribution in [3.63, 3.8) is 0 Å². The Kier molecular flexibility index (Phi) is 5.64. The summed E-state index contributed by atoms with van der Waals surface area (Å²) in [6.45, 7) is 11.3. The summed E-state index contributed by atoms with van der Waals surface area (Å²) in [5.74, 6) is 1.09. The summed E-state index contributed by atoms with van der Waals surface area (Å²) in [5.41, 5.74) is 0.824. The first-order chi connectivity index (χ1) is 9.60. The summed E-state index contributed by atoms with van der Waals surface area (Å²) >= 11 is 0. The third kappa shape index (κ3) is 5.66. The van der Waals surface area contributed by atoms with E-state index in [4.69, 9.17) is 9.47 Å². The van der Waals surface area contributed by atoms with Gasteiger partial charge in [0.05, 0.1) is 0 Å². The molecule has 1 rings (SSSR count). The van der Waals surface area contributed by atoms with E-state index in [1.807, 2.05) is 0 Å². The minimum absolute atomic E-state index is 0.191. The Balaban J connectivity index is 2.82. The maximum absolute atomic E-state index is 11.7. The van der Waals surface area contributed by atoms with Gasteiger partial charge in [0.1, 0.15) is 17.1 Å². The molecule has 0 saturated heterocycles. The van der Waals surface area contributed by atoms with Crippen molar-refractivity contribution in [1.82, 2.24) is 0 Å². The van der Waals surface area contributed by atoms with Crippen LogP contribution in [0.4, 0.5) is 4.79 Å². The Labute approximate surface area is 127 Å². The second-order valence-electron chi connectivity index (χ2n) is 6.70. The van der Waals surface area contributed by atoms with Crippen LogP contribution in [0.1, 0.15) is 52.2 Å². The second-order valence-corrected chi connectivity index (χ2v) is 6.70. The number of aryl methyl sites for hydroxylation is 1. The van der Waals surface area contributed by atoms with Gasteiger partial charge in [0.2, 0.25) is 0 Å². The molecule has 1 aromatic rings. The maximum atomic E-state index is 11.7. The number of benzene rings is 1. The molecule has 0 saturated carbocycles. The van der Waals surface area contributed by atoms with Crippen LogP contribution in [0.3, 0.4) is 0 Å². The van der Waals surface area contributed by atoms with Gasteiger partial charge in [-0.3, -0.25) is 0 Å². The molecule has 0 fully saturated rings. The highest BCUT2D eigenvalue weighted by molar-refractivity contribution is 5.66. The monoisotopic (exact) mass is 294 g/mol. The molecule has 1 N–H and O–H groups in total. The molecule has 0 aliphatic rings. The first kappa shape index (κ1) is 17.3. The summed E-state index contributed by atoms with van der Waals surface area (Å²) in [6, 6.07) is 3.50. The molecular formula is C17H26O4. The first-order valence-corrected chi connectivity index (χ1v) is 7.32. The number of aromatic hydroxyl groups is 1. The Morgan fingerprint density at radius 1 is 1.29 bits per heavy atom. The number of ether oxygens (including phenoxy) is 2. The highest BCUT2D eigenvalue weighted by Gasteiger charge is 2.20. The fraction of sp³-hybridized carbons (Fsp3) is 0.588. The molecular weight excluding hydrogens is 268 g/mol. The van der Waals surface area contributed by atoms with Crippen LogP contribution >= 0.6 is 0 Å². The van der Waals surface area contributed by atoms with Crippen LogP contribution in [0.2, 0.25) is 0 Å². The van der Waals surface area contributed by atoms with Gasteiger partial charge in [0.15, 0.2) is 0 Å². The molecule has 0 heterocycles. The van der Waals surface area contributed by atoms with Gasteiger partial charge in [-0.15, -0.1) is 0 Å². The summed E-state index contributed by atoms with van der Waals surface area (Å²) in [6.07, 6.45) is 1.04. The minimum atomic E-state index is -0.764. The number of rotatable bonds is 4. The molecule has 0 spiro atoms. The lowest BCUT2D eigenvalue weighted by molar-refractivity contribution is 0.0204. The standard InChI is InChI=1S/C17H26O4/c1-11(2)7-8-13-9-10-14(12(3)15(13)18)20-16(19)21-17(4,5)6/h9-11,18H,7-8H2,1-6H3. The van der Waals surface area contributed by atoms with Crippen molar-refractivity contribution in [1.29, 1.82) is 0 Å². The number of carbonyl (C=O) groups is 1. The van der Waals surface area contributed by atoms with Crippen LogP contribution < -0.4 is 4.74 Å². The van der Waals surface area contributed by atoms with E-state index in [0.717, 1.165) is 18.4 Å². The molecule has 0 aromatic heterocycles. The van der Waals surface area contributed by atoms with Crippen LogP contribution in [-0.4, -0.2) is 16.9 Å². The molecule has 4 nitrogen and oxygen atoms in total. The van der Waals surface area contributed by atoms with E-state index >= 15 is 0 Å². The maximum Gasteiger partial charge on any atom is 0.514 e. The number of carbonyl (C=O) groups excluding carboxylic acids is 1. The van der Waals surface area contributed by atoms with Gasteiger partial charge in [0.25, 0.3) is 0 Å². The molecule has 21 heavy (non-hydrogen) atoms. The third-order valence-electron chi connectivity index (χ3n) is 3.04. The largest absolute Gasteiger partial charge is 0.514 e. The number of phenols is 1. The molecule has 0 aliphatic heterocycles. The van der Waals surface area contributed by atoms with E-state index < -0.39 is 11.8 Å². The van der Waals surface area contributed by atoms with E-state index in [1.165, 1.54) is 0 Å². The summed E-state index contributed by atoms with van der Waals surface area (Å²) in [7, 11) is 0. The normalized spacial score (nSPS) is 11.6. The van der Waals surface area contributed by atoms with Gasteiger partial charge >= 0.3 is 6.16 Å².